The van der Waals surface area contributed by atoms with Gasteiger partial charge in [-0.05, 0) is 23.8 Å². The molecule has 0 radical (unpaired) electrons. The van der Waals surface area contributed by atoms with E-state index in [1.54, 1.807) is 36.4 Å². The molecule has 5 rings (SSSR count). The molecule has 4 aromatic rings. The van der Waals surface area contributed by atoms with Crippen LogP contribution in [0.2, 0.25) is 0 Å². The minimum atomic E-state index is -1.34. The second-order valence-electron chi connectivity index (χ2n) is 9.02. The monoisotopic (exact) mass is 533 g/mol. The molecule has 1 heterocycles. The van der Waals surface area contributed by atoms with E-state index in [1.165, 1.54) is 12.0 Å². The Morgan fingerprint density at radius 2 is 1.50 bits per heavy atom. The third-order valence-corrected chi connectivity index (χ3v) is 6.43. The Morgan fingerprint density at radius 1 is 0.850 bits per heavy atom. The molecule has 8 nitrogen and oxygen atoms in total. The molecule has 0 unspecified atom stereocenters. The first-order chi connectivity index (χ1) is 19.5. The highest BCUT2D eigenvalue weighted by Crippen LogP contribution is 2.29. The van der Waals surface area contributed by atoms with E-state index in [4.69, 9.17) is 14.5 Å². The highest BCUT2D eigenvalue weighted by Gasteiger charge is 2.34. The van der Waals surface area contributed by atoms with Gasteiger partial charge in [0.2, 0.25) is 6.17 Å². The van der Waals surface area contributed by atoms with E-state index in [9.17, 15) is 14.4 Å². The molecule has 200 valence electrons. The predicted octanol–water partition coefficient (Wildman–Crippen LogP) is 5.01. The first kappa shape index (κ1) is 26.4. The summed E-state index contributed by atoms with van der Waals surface area (Å²) in [6.45, 7) is -0.260. The number of alkyl carbamates (subject to hydrolysis) is 1. The van der Waals surface area contributed by atoms with Crippen molar-refractivity contribution in [3.8, 4) is 5.75 Å². The lowest BCUT2D eigenvalue weighted by atomic mass is 10.00. The summed E-state index contributed by atoms with van der Waals surface area (Å²) in [5, 5.41) is 2.60. The highest BCUT2D eigenvalue weighted by atomic mass is 16.5. The number of para-hydroxylation sites is 2. The van der Waals surface area contributed by atoms with Crippen LogP contribution in [0, 0.1) is 0 Å². The second-order valence-corrected chi connectivity index (χ2v) is 9.02. The van der Waals surface area contributed by atoms with Gasteiger partial charge in [0.15, 0.2) is 5.78 Å². The number of benzodiazepines with no additional fused rings is 1. The maximum Gasteiger partial charge on any atom is 0.409 e. The fourth-order valence-corrected chi connectivity index (χ4v) is 4.49. The number of Topliss-reactive ketones (excluding diaryl/α,β-unsaturated/α-hetero) is 1. The van der Waals surface area contributed by atoms with Gasteiger partial charge in [-0.15, -0.1) is 0 Å². The van der Waals surface area contributed by atoms with E-state index in [0.29, 0.717) is 28.3 Å². The number of ketones is 1. The summed E-state index contributed by atoms with van der Waals surface area (Å²) in [4.78, 5) is 46.4. The lowest BCUT2D eigenvalue weighted by molar-refractivity contribution is -0.120. The number of rotatable bonds is 8. The zero-order valence-electron chi connectivity index (χ0n) is 21.8. The number of aliphatic imine (C=N–C) groups is 1. The molecule has 0 bridgehead atoms. The third kappa shape index (κ3) is 5.76. The summed E-state index contributed by atoms with van der Waals surface area (Å²) in [5.74, 6) is -0.490. The van der Waals surface area contributed by atoms with E-state index in [2.05, 4.69) is 5.32 Å². The molecule has 8 heteroatoms. The number of ether oxygens (including phenoxy) is 2. The highest BCUT2D eigenvalue weighted by molar-refractivity contribution is 6.21. The molecule has 0 saturated carbocycles. The maximum atomic E-state index is 14.0. The van der Waals surface area contributed by atoms with Gasteiger partial charge in [0.1, 0.15) is 12.4 Å². The van der Waals surface area contributed by atoms with Crippen molar-refractivity contribution >= 4 is 29.2 Å². The zero-order chi connectivity index (χ0) is 27.9. The topological polar surface area (TPSA) is 97.3 Å². The summed E-state index contributed by atoms with van der Waals surface area (Å²) >= 11 is 0. The molecule has 0 aromatic heterocycles. The number of nitrogens with one attached hydrogen (secondary N) is 1. The molecular weight excluding hydrogens is 506 g/mol. The molecule has 4 aromatic carbocycles. The number of methoxy groups -OCH3 is 1. The third-order valence-electron chi connectivity index (χ3n) is 6.43. The average molecular weight is 534 g/mol. The summed E-state index contributed by atoms with van der Waals surface area (Å²) in [5.41, 5.74) is 3.55. The standard InChI is InChI=1S/C32H27N3O5/c1-39-28-19-11-9-17-25(28)27(36)20-35-26-18-10-8-16-24(26)29(23-14-6-3-7-15-23)33-30(31(35)37)34-32(38)40-21-22-12-4-2-5-13-22/h2-19,30H,20-21H2,1H3,(H,34,38)/t30-/m0/s1. The molecule has 0 aliphatic carbocycles. The van der Waals surface area contributed by atoms with Gasteiger partial charge in [-0.3, -0.25) is 14.9 Å². The Morgan fingerprint density at radius 3 is 2.25 bits per heavy atom. The van der Waals surface area contributed by atoms with Crippen molar-refractivity contribution in [2.75, 3.05) is 18.6 Å². The number of carbonyl (C=O) groups is 3. The van der Waals surface area contributed by atoms with Gasteiger partial charge >= 0.3 is 6.09 Å². The minimum absolute atomic E-state index is 0.0269. The smallest absolute Gasteiger partial charge is 0.409 e. The zero-order valence-corrected chi connectivity index (χ0v) is 21.8. The summed E-state index contributed by atoms with van der Waals surface area (Å²) < 4.78 is 10.7. The molecule has 1 N–H and O–H groups in total. The predicted molar refractivity (Wildman–Crippen MR) is 152 cm³/mol. The van der Waals surface area contributed by atoms with Gasteiger partial charge in [0, 0.05) is 11.1 Å². The molecule has 0 spiro atoms. The van der Waals surface area contributed by atoms with Crippen LogP contribution in [0.15, 0.2) is 114 Å². The van der Waals surface area contributed by atoms with Crippen LogP contribution in [-0.2, 0) is 16.1 Å². The Balaban J connectivity index is 1.51. The summed E-state index contributed by atoms with van der Waals surface area (Å²) in [7, 11) is 1.49. The van der Waals surface area contributed by atoms with Gasteiger partial charge in [-0.25, -0.2) is 9.79 Å². The average Bonchev–Trinajstić information content (AvgIpc) is 3.11. The molecule has 2 amide bonds. The first-order valence-electron chi connectivity index (χ1n) is 12.7. The van der Waals surface area contributed by atoms with Crippen molar-refractivity contribution in [2.45, 2.75) is 12.8 Å². The van der Waals surface area contributed by atoms with Crippen molar-refractivity contribution < 1.29 is 23.9 Å². The number of hydrogen-bond donors (Lipinski definition) is 1. The molecule has 40 heavy (non-hydrogen) atoms. The van der Waals surface area contributed by atoms with Crippen LogP contribution in [0.1, 0.15) is 27.0 Å². The molecule has 1 aliphatic heterocycles. The van der Waals surface area contributed by atoms with Crippen LogP contribution in [0.3, 0.4) is 0 Å². The number of carbonyl (C=O) groups excluding carboxylic acids is 3. The molecule has 1 atom stereocenters. The molecular formula is C32H27N3O5. The SMILES string of the molecule is COc1ccccc1C(=O)CN1C(=O)[C@H](NC(=O)OCc2ccccc2)N=C(c2ccccc2)c2ccccc21. The fraction of sp³-hybridized carbons (Fsp3) is 0.125. The lowest BCUT2D eigenvalue weighted by Crippen LogP contribution is -2.49. The first-order valence-corrected chi connectivity index (χ1v) is 12.7. The molecule has 0 fully saturated rings. The van der Waals surface area contributed by atoms with E-state index >= 15 is 0 Å². The number of fused-ring (bicyclic) bond motifs is 1. The number of amides is 2. The Labute approximate surface area is 231 Å². The van der Waals surface area contributed by atoms with E-state index < -0.39 is 18.2 Å². The number of hydrogen-bond acceptors (Lipinski definition) is 6. The van der Waals surface area contributed by atoms with E-state index in [1.807, 2.05) is 72.8 Å². The Kier molecular flexibility index (Phi) is 7.97. The van der Waals surface area contributed by atoms with Gasteiger partial charge in [0.05, 0.1) is 30.6 Å². The maximum absolute atomic E-state index is 14.0. The quantitative estimate of drug-likeness (QED) is 0.321. The normalized spacial score (nSPS) is 14.4. The number of anilines is 1. The molecule has 1 aliphatic rings. The van der Waals surface area contributed by atoms with Gasteiger partial charge in [0.25, 0.3) is 5.91 Å². The van der Waals surface area contributed by atoms with Crippen molar-refractivity contribution in [3.05, 3.63) is 131 Å². The Hall–Kier alpha value is -5.24. The van der Waals surface area contributed by atoms with Gasteiger partial charge < -0.3 is 14.4 Å². The Bertz CT molecular complexity index is 1550. The minimum Gasteiger partial charge on any atom is -0.496 e. The summed E-state index contributed by atoms with van der Waals surface area (Å²) in [6.07, 6.45) is -2.14. The summed E-state index contributed by atoms with van der Waals surface area (Å²) in [6, 6.07) is 32.6. The number of nitrogens with zero attached hydrogens (tertiary/aromatic N) is 2. The van der Waals surface area contributed by atoms with Crippen molar-refractivity contribution in [1.82, 2.24) is 5.32 Å². The number of benzene rings is 4. The molecule has 0 saturated heterocycles. The van der Waals surface area contributed by atoms with E-state index in [0.717, 1.165) is 11.1 Å². The van der Waals surface area contributed by atoms with Crippen LogP contribution in [-0.4, -0.2) is 43.3 Å². The van der Waals surface area contributed by atoms with Gasteiger partial charge in [-0.2, -0.15) is 0 Å². The van der Waals surface area contributed by atoms with Crippen molar-refractivity contribution in [3.63, 3.8) is 0 Å². The van der Waals surface area contributed by atoms with Crippen LogP contribution in [0.5, 0.6) is 5.75 Å². The lowest BCUT2D eigenvalue weighted by Gasteiger charge is -2.25. The second kappa shape index (κ2) is 12.1. The van der Waals surface area contributed by atoms with Crippen molar-refractivity contribution in [2.24, 2.45) is 4.99 Å². The largest absolute Gasteiger partial charge is 0.496 e. The van der Waals surface area contributed by atoms with Crippen LogP contribution < -0.4 is 15.0 Å². The van der Waals surface area contributed by atoms with E-state index in [-0.39, 0.29) is 18.9 Å². The van der Waals surface area contributed by atoms with Crippen LogP contribution >= 0.6 is 0 Å². The van der Waals surface area contributed by atoms with Gasteiger partial charge in [-0.1, -0.05) is 91.0 Å². The van der Waals surface area contributed by atoms with Crippen molar-refractivity contribution in [1.29, 1.82) is 0 Å². The van der Waals surface area contributed by atoms with Crippen LogP contribution in [0.4, 0.5) is 10.5 Å². The van der Waals surface area contributed by atoms with Crippen LogP contribution in [0.25, 0.3) is 0 Å². The fourth-order valence-electron chi connectivity index (χ4n) is 4.49.